The number of rotatable bonds is 10. The molecule has 1 heterocycles. The van der Waals surface area contributed by atoms with Crippen LogP contribution in [-0.4, -0.2) is 49.3 Å². The average Bonchev–Trinajstić information content (AvgIpc) is 3.67. The SMILES string of the molecule is COc1cc(C=NOC(C)C(=O)O)cc(NC(C(=O)N2CC3(CC3)c3ccc(OC(F)(F)F)cc32)c2ccc(Cl)cc2)c1. The minimum absolute atomic E-state index is 0.307. The fraction of sp³-hybridized carbons (Fsp3) is 0.300. The summed E-state index contributed by atoms with van der Waals surface area (Å²) in [6.07, 6.45) is -3.11. The second-order valence-electron chi connectivity index (χ2n) is 10.4. The predicted octanol–water partition coefficient (Wildman–Crippen LogP) is 6.30. The average molecular weight is 618 g/mol. The van der Waals surface area contributed by atoms with Crippen LogP contribution >= 0.6 is 11.6 Å². The highest BCUT2D eigenvalue weighted by atomic mass is 35.5. The standard InChI is InChI=1S/C30H27ClF3N3O6/c1-17(28(39)40)43-35-15-18-11-21(13-23(12-18)41-2)36-26(19-3-5-20(31)6-4-19)27(38)37-16-29(9-10-29)24-8-7-22(14-25(24)37)42-30(32,33)34/h3-8,11-15,17,26,36H,9-10,16H2,1-2H3,(H,39,40). The van der Waals surface area contributed by atoms with Gasteiger partial charge >= 0.3 is 12.3 Å². The molecule has 2 unspecified atom stereocenters. The van der Waals surface area contributed by atoms with Gasteiger partial charge in [-0.15, -0.1) is 13.2 Å². The molecule has 0 saturated heterocycles. The lowest BCUT2D eigenvalue weighted by molar-refractivity contribution is -0.274. The summed E-state index contributed by atoms with van der Waals surface area (Å²) >= 11 is 6.12. The van der Waals surface area contributed by atoms with E-state index in [0.29, 0.717) is 39.8 Å². The van der Waals surface area contributed by atoms with Crippen LogP contribution in [0.15, 0.2) is 65.8 Å². The molecule has 13 heteroatoms. The highest BCUT2D eigenvalue weighted by Gasteiger charge is 2.54. The van der Waals surface area contributed by atoms with E-state index >= 15 is 0 Å². The highest BCUT2D eigenvalue weighted by molar-refractivity contribution is 6.30. The Balaban J connectivity index is 1.49. The van der Waals surface area contributed by atoms with E-state index in [-0.39, 0.29) is 5.41 Å². The molecule has 0 radical (unpaired) electrons. The number of oxime groups is 1. The van der Waals surface area contributed by atoms with E-state index in [2.05, 4.69) is 15.2 Å². The highest BCUT2D eigenvalue weighted by Crippen LogP contribution is 2.57. The number of ether oxygens (including phenoxy) is 2. The van der Waals surface area contributed by atoms with Crippen molar-refractivity contribution in [1.82, 2.24) is 0 Å². The molecule has 3 aromatic rings. The summed E-state index contributed by atoms with van der Waals surface area (Å²) in [5.74, 6) is -1.57. The van der Waals surface area contributed by atoms with Crippen LogP contribution in [0.5, 0.6) is 11.5 Å². The number of hydrogen-bond acceptors (Lipinski definition) is 7. The van der Waals surface area contributed by atoms with Crippen LogP contribution in [0.1, 0.15) is 42.5 Å². The van der Waals surface area contributed by atoms with Crippen LogP contribution in [0.25, 0.3) is 0 Å². The Morgan fingerprint density at radius 3 is 2.44 bits per heavy atom. The first-order valence-corrected chi connectivity index (χ1v) is 13.6. The van der Waals surface area contributed by atoms with Crippen LogP contribution in [0.2, 0.25) is 5.02 Å². The van der Waals surface area contributed by atoms with Crippen molar-refractivity contribution in [1.29, 1.82) is 0 Å². The molecule has 0 bridgehead atoms. The maximum absolute atomic E-state index is 14.3. The monoisotopic (exact) mass is 617 g/mol. The minimum atomic E-state index is -4.88. The number of carboxylic acids is 1. The van der Waals surface area contributed by atoms with Gasteiger partial charge < -0.3 is 29.6 Å². The first-order chi connectivity index (χ1) is 20.4. The lowest BCUT2D eigenvalue weighted by Crippen LogP contribution is -2.38. The topological polar surface area (TPSA) is 110 Å². The molecule has 2 N–H and O–H groups in total. The van der Waals surface area contributed by atoms with E-state index in [1.54, 1.807) is 48.5 Å². The Morgan fingerprint density at radius 1 is 1.09 bits per heavy atom. The maximum atomic E-state index is 14.3. The van der Waals surface area contributed by atoms with Crippen LogP contribution in [0.4, 0.5) is 24.5 Å². The number of alkyl halides is 3. The van der Waals surface area contributed by atoms with E-state index in [9.17, 15) is 22.8 Å². The number of nitrogens with one attached hydrogen (secondary N) is 1. The van der Waals surface area contributed by atoms with Gasteiger partial charge in [0.2, 0.25) is 6.10 Å². The summed E-state index contributed by atoms with van der Waals surface area (Å²) < 4.78 is 48.6. The van der Waals surface area contributed by atoms with Crippen molar-refractivity contribution in [3.63, 3.8) is 0 Å². The van der Waals surface area contributed by atoms with Crippen LogP contribution in [0, 0.1) is 0 Å². The van der Waals surface area contributed by atoms with Gasteiger partial charge in [-0.05, 0) is 61.2 Å². The van der Waals surface area contributed by atoms with Gasteiger partial charge in [-0.3, -0.25) is 4.79 Å². The zero-order valence-electron chi connectivity index (χ0n) is 23.0. The number of anilines is 2. The van der Waals surface area contributed by atoms with Crippen molar-refractivity contribution in [2.24, 2.45) is 5.16 Å². The number of benzene rings is 3. The number of amides is 1. The van der Waals surface area contributed by atoms with Gasteiger partial charge in [0, 0.05) is 40.4 Å². The van der Waals surface area contributed by atoms with E-state index in [4.69, 9.17) is 26.3 Å². The summed E-state index contributed by atoms with van der Waals surface area (Å²) in [5, 5.41) is 16.4. The van der Waals surface area contributed by atoms with E-state index < -0.39 is 36.1 Å². The molecule has 43 heavy (non-hydrogen) atoms. The summed E-state index contributed by atoms with van der Waals surface area (Å²) in [6.45, 7) is 1.65. The summed E-state index contributed by atoms with van der Waals surface area (Å²) in [7, 11) is 1.46. The second-order valence-corrected chi connectivity index (χ2v) is 10.8. The first kappa shape index (κ1) is 30.0. The Bertz CT molecular complexity index is 1560. The molecule has 2 atom stereocenters. The normalized spacial score (nSPS) is 16.5. The molecule has 2 aliphatic rings. The van der Waals surface area contributed by atoms with Crippen LogP contribution in [0.3, 0.4) is 0 Å². The number of fused-ring (bicyclic) bond motifs is 2. The number of halogens is 4. The predicted molar refractivity (Wildman–Crippen MR) is 153 cm³/mol. The molecular formula is C30H27ClF3N3O6. The van der Waals surface area contributed by atoms with Gasteiger partial charge in [-0.25, -0.2) is 4.79 Å². The smallest absolute Gasteiger partial charge is 0.497 e. The lowest BCUT2D eigenvalue weighted by atomic mass is 9.99. The number of carbonyl (C=O) groups excluding carboxylic acids is 1. The third-order valence-corrected chi connectivity index (χ3v) is 7.59. The summed E-state index contributed by atoms with van der Waals surface area (Å²) in [4.78, 5) is 31.8. The molecule has 1 aliphatic heterocycles. The van der Waals surface area contributed by atoms with Gasteiger partial charge in [0.1, 0.15) is 17.5 Å². The largest absolute Gasteiger partial charge is 0.573 e. The van der Waals surface area contributed by atoms with E-state index in [1.807, 2.05) is 0 Å². The molecule has 1 amide bonds. The fourth-order valence-corrected chi connectivity index (χ4v) is 5.15. The van der Waals surface area contributed by atoms with Crippen molar-refractivity contribution < 1.29 is 42.2 Å². The second kappa shape index (κ2) is 11.7. The Morgan fingerprint density at radius 2 is 1.81 bits per heavy atom. The van der Waals surface area contributed by atoms with Crippen molar-refractivity contribution in [3.8, 4) is 11.5 Å². The zero-order chi connectivity index (χ0) is 30.9. The van der Waals surface area contributed by atoms with Crippen molar-refractivity contribution in [3.05, 3.63) is 82.4 Å². The van der Waals surface area contributed by atoms with Gasteiger partial charge in [-0.2, -0.15) is 0 Å². The van der Waals surface area contributed by atoms with Gasteiger partial charge in [0.05, 0.1) is 19.0 Å². The van der Waals surface area contributed by atoms with Crippen LogP contribution in [-0.2, 0) is 19.8 Å². The number of methoxy groups -OCH3 is 1. The number of carbonyl (C=O) groups is 2. The molecule has 3 aromatic carbocycles. The Labute approximate surface area is 249 Å². The number of aliphatic carboxylic acids is 1. The van der Waals surface area contributed by atoms with E-state index in [0.717, 1.165) is 18.4 Å². The third kappa shape index (κ3) is 6.80. The number of hydrogen-bond donors (Lipinski definition) is 2. The quantitative estimate of drug-likeness (QED) is 0.203. The third-order valence-electron chi connectivity index (χ3n) is 7.34. The first-order valence-electron chi connectivity index (χ1n) is 13.2. The van der Waals surface area contributed by atoms with Gasteiger partial charge in [0.25, 0.3) is 5.91 Å². The zero-order valence-corrected chi connectivity index (χ0v) is 23.8. The minimum Gasteiger partial charge on any atom is -0.497 e. The van der Waals surface area contributed by atoms with E-state index in [1.165, 1.54) is 37.3 Å². The molecule has 9 nitrogen and oxygen atoms in total. The molecule has 0 aromatic heterocycles. The van der Waals surface area contributed by atoms with Crippen molar-refractivity contribution in [2.45, 2.75) is 43.7 Å². The van der Waals surface area contributed by atoms with Crippen molar-refractivity contribution >= 4 is 41.1 Å². The lowest BCUT2D eigenvalue weighted by Gasteiger charge is -2.27. The van der Waals surface area contributed by atoms with Gasteiger partial charge in [0.15, 0.2) is 0 Å². The molecule has 1 fully saturated rings. The van der Waals surface area contributed by atoms with Gasteiger partial charge in [-0.1, -0.05) is 35.0 Å². The van der Waals surface area contributed by atoms with Crippen molar-refractivity contribution in [2.75, 3.05) is 23.9 Å². The summed E-state index contributed by atoms with van der Waals surface area (Å²) in [6, 6.07) is 14.8. The Hall–Kier alpha value is -4.45. The summed E-state index contributed by atoms with van der Waals surface area (Å²) in [5.41, 5.74) is 2.37. The fourth-order valence-electron chi connectivity index (χ4n) is 5.02. The van der Waals surface area contributed by atoms with Crippen LogP contribution < -0.4 is 19.7 Å². The molecule has 1 saturated carbocycles. The molecule has 1 aliphatic carbocycles. The molecular weight excluding hydrogens is 591 g/mol. The maximum Gasteiger partial charge on any atom is 0.573 e. The number of nitrogens with zero attached hydrogens (tertiary/aromatic N) is 2. The molecule has 5 rings (SSSR count). The molecule has 226 valence electrons. The number of carboxylic acid groups (broad SMARTS) is 1. The Kier molecular flexibility index (Phi) is 8.15. The molecule has 1 spiro atoms.